The number of fused-ring (bicyclic) bond motifs is 1. The van der Waals surface area contributed by atoms with Gasteiger partial charge in [0.25, 0.3) is 0 Å². The Labute approximate surface area is 223 Å². The molecule has 0 saturated carbocycles. The third-order valence-corrected chi connectivity index (χ3v) is 6.16. The number of nitrogens with one attached hydrogen (secondary N) is 2. The average Bonchev–Trinajstić information content (AvgIpc) is 3.17. The second kappa shape index (κ2) is 10.9. The van der Waals surface area contributed by atoms with Gasteiger partial charge in [-0.25, -0.2) is 14.4 Å². The molecule has 0 aliphatic carbocycles. The number of benzene rings is 2. The zero-order chi connectivity index (χ0) is 28.5. The maximum absolute atomic E-state index is 14.0. The van der Waals surface area contributed by atoms with E-state index in [2.05, 4.69) is 20.6 Å². The molecule has 0 saturated heterocycles. The number of rotatable bonds is 8. The summed E-state index contributed by atoms with van der Waals surface area (Å²) in [5.41, 5.74) is 1.01. The molecule has 4 rings (SSSR count). The second-order valence-corrected chi connectivity index (χ2v) is 9.53. The fourth-order valence-corrected chi connectivity index (χ4v) is 4.24. The second-order valence-electron chi connectivity index (χ2n) is 9.53. The van der Waals surface area contributed by atoms with E-state index in [1.54, 1.807) is 29.8 Å². The lowest BCUT2D eigenvalue weighted by molar-refractivity contribution is -0.137. The van der Waals surface area contributed by atoms with Gasteiger partial charge in [-0.1, -0.05) is 0 Å². The number of amides is 1. The first-order chi connectivity index (χ1) is 18.3. The standard InChI is InChI=1S/C27H29F4N7O/c1-16(39)33-22-13-18(7-9-24(22)37(4)11-10-36(2)3)34-26-32-14-21(27(29,30)31)25(35-26)20-15-38(5)23-8-6-17(28)12-19(20)23/h6-9,12-15H,10-11H2,1-5H3,(H,33,39)(H,32,34,35). The Morgan fingerprint density at radius 1 is 1.08 bits per heavy atom. The molecule has 2 aromatic carbocycles. The highest BCUT2D eigenvalue weighted by Crippen LogP contribution is 2.40. The van der Waals surface area contributed by atoms with E-state index in [-0.39, 0.29) is 23.1 Å². The van der Waals surface area contributed by atoms with Crippen molar-refractivity contribution in [3.8, 4) is 11.3 Å². The number of aromatic nitrogens is 3. The molecule has 39 heavy (non-hydrogen) atoms. The van der Waals surface area contributed by atoms with Gasteiger partial charge in [0, 0.05) is 68.7 Å². The van der Waals surface area contributed by atoms with Gasteiger partial charge >= 0.3 is 6.18 Å². The number of carbonyl (C=O) groups excluding carboxylic acids is 1. The third kappa shape index (κ3) is 6.28. The lowest BCUT2D eigenvalue weighted by atomic mass is 10.1. The van der Waals surface area contributed by atoms with Crippen molar-refractivity contribution < 1.29 is 22.4 Å². The zero-order valence-corrected chi connectivity index (χ0v) is 22.2. The van der Waals surface area contributed by atoms with E-state index in [1.807, 2.05) is 30.9 Å². The molecule has 0 radical (unpaired) electrons. The summed E-state index contributed by atoms with van der Waals surface area (Å²) in [6.45, 7) is 2.88. The molecule has 0 atom stereocenters. The largest absolute Gasteiger partial charge is 0.419 e. The summed E-state index contributed by atoms with van der Waals surface area (Å²) in [4.78, 5) is 24.0. The van der Waals surface area contributed by atoms with Crippen LogP contribution < -0.4 is 15.5 Å². The molecule has 8 nitrogen and oxygen atoms in total. The average molecular weight is 544 g/mol. The van der Waals surface area contributed by atoms with E-state index in [9.17, 15) is 22.4 Å². The maximum atomic E-state index is 14.0. The molecule has 0 fully saturated rings. The summed E-state index contributed by atoms with van der Waals surface area (Å²) in [6, 6.07) is 9.12. The highest BCUT2D eigenvalue weighted by atomic mass is 19.4. The van der Waals surface area contributed by atoms with Crippen molar-refractivity contribution in [2.45, 2.75) is 13.1 Å². The number of anilines is 4. The van der Waals surface area contributed by atoms with Gasteiger partial charge < -0.3 is 25.0 Å². The quantitative estimate of drug-likeness (QED) is 0.286. The van der Waals surface area contributed by atoms with Crippen LogP contribution in [0.2, 0.25) is 0 Å². The molecule has 12 heteroatoms. The zero-order valence-electron chi connectivity index (χ0n) is 22.2. The molecule has 1 amide bonds. The predicted molar refractivity (Wildman–Crippen MR) is 145 cm³/mol. The van der Waals surface area contributed by atoms with Gasteiger partial charge in [0.05, 0.1) is 17.1 Å². The highest BCUT2D eigenvalue weighted by Gasteiger charge is 2.36. The number of carbonyl (C=O) groups is 1. The monoisotopic (exact) mass is 543 g/mol. The minimum Gasteiger partial charge on any atom is -0.372 e. The van der Waals surface area contributed by atoms with Crippen molar-refractivity contribution in [3.63, 3.8) is 0 Å². The van der Waals surface area contributed by atoms with Crippen LogP contribution in [0.15, 0.2) is 48.8 Å². The molecule has 0 spiro atoms. The Morgan fingerprint density at radius 3 is 2.49 bits per heavy atom. The molecule has 0 bridgehead atoms. The molecule has 0 unspecified atom stereocenters. The third-order valence-electron chi connectivity index (χ3n) is 6.16. The minimum atomic E-state index is -4.74. The van der Waals surface area contributed by atoms with Gasteiger partial charge in [0.2, 0.25) is 11.9 Å². The summed E-state index contributed by atoms with van der Waals surface area (Å²) in [6.07, 6.45) is -2.54. The topological polar surface area (TPSA) is 78.3 Å². The SMILES string of the molecule is CC(=O)Nc1cc(Nc2ncc(C(F)(F)F)c(-c3cn(C)c4ccc(F)cc34)n2)ccc1N(C)CCN(C)C. The van der Waals surface area contributed by atoms with Crippen LogP contribution in [-0.2, 0) is 18.0 Å². The first-order valence-electron chi connectivity index (χ1n) is 12.1. The van der Waals surface area contributed by atoms with Crippen LogP contribution in [0, 0.1) is 5.82 Å². The van der Waals surface area contributed by atoms with Crippen molar-refractivity contribution >= 4 is 39.8 Å². The Hall–Kier alpha value is -4.19. The number of likely N-dealkylation sites (N-methyl/N-ethyl adjacent to an activating group) is 2. The van der Waals surface area contributed by atoms with Crippen molar-refractivity contribution in [2.75, 3.05) is 49.8 Å². The summed E-state index contributed by atoms with van der Waals surface area (Å²) in [5, 5.41) is 6.04. The smallest absolute Gasteiger partial charge is 0.372 e. The molecule has 206 valence electrons. The Kier molecular flexibility index (Phi) is 7.77. The number of alkyl halides is 3. The van der Waals surface area contributed by atoms with Crippen LogP contribution in [0.4, 0.5) is 40.6 Å². The molecule has 0 aliphatic heterocycles. The molecular weight excluding hydrogens is 514 g/mol. The predicted octanol–water partition coefficient (Wildman–Crippen LogP) is 5.49. The van der Waals surface area contributed by atoms with Crippen molar-refractivity contribution in [1.82, 2.24) is 19.4 Å². The number of hydrogen-bond donors (Lipinski definition) is 2. The van der Waals surface area contributed by atoms with Gasteiger partial charge in [-0.2, -0.15) is 13.2 Å². The summed E-state index contributed by atoms with van der Waals surface area (Å²) < 4.78 is 57.5. The molecule has 4 aromatic rings. The van der Waals surface area contributed by atoms with Gasteiger partial charge in [0.15, 0.2) is 0 Å². The lowest BCUT2D eigenvalue weighted by Gasteiger charge is -2.24. The van der Waals surface area contributed by atoms with Crippen LogP contribution in [0.25, 0.3) is 22.2 Å². The van der Waals surface area contributed by atoms with Gasteiger partial charge in [-0.05, 0) is 50.5 Å². The van der Waals surface area contributed by atoms with E-state index in [4.69, 9.17) is 0 Å². The molecule has 2 N–H and O–H groups in total. The summed E-state index contributed by atoms with van der Waals surface area (Å²) in [5.74, 6) is -0.934. The van der Waals surface area contributed by atoms with Crippen LogP contribution >= 0.6 is 0 Å². The summed E-state index contributed by atoms with van der Waals surface area (Å²) >= 11 is 0. The van der Waals surface area contributed by atoms with Crippen molar-refractivity contribution in [1.29, 1.82) is 0 Å². The van der Waals surface area contributed by atoms with Crippen molar-refractivity contribution in [2.24, 2.45) is 7.05 Å². The molecule has 2 aromatic heterocycles. The van der Waals surface area contributed by atoms with Crippen LogP contribution in [0.5, 0.6) is 0 Å². The Bertz CT molecular complexity index is 1510. The first-order valence-corrected chi connectivity index (χ1v) is 12.1. The van der Waals surface area contributed by atoms with Crippen molar-refractivity contribution in [3.05, 3.63) is 60.2 Å². The first kappa shape index (κ1) is 27.8. The molecular formula is C27H29F4N7O. The van der Waals surface area contributed by atoms with E-state index >= 15 is 0 Å². The number of aryl methyl sites for hydroxylation is 1. The van der Waals surface area contributed by atoms with Gasteiger partial charge in [0.1, 0.15) is 11.4 Å². The maximum Gasteiger partial charge on any atom is 0.419 e. The van der Waals surface area contributed by atoms with E-state index < -0.39 is 17.6 Å². The van der Waals surface area contributed by atoms with Gasteiger partial charge in [-0.15, -0.1) is 0 Å². The lowest BCUT2D eigenvalue weighted by Crippen LogP contribution is -2.29. The molecule has 2 heterocycles. The van der Waals surface area contributed by atoms with Crippen LogP contribution in [0.3, 0.4) is 0 Å². The minimum absolute atomic E-state index is 0.0890. The van der Waals surface area contributed by atoms with E-state index in [1.165, 1.54) is 31.3 Å². The fourth-order valence-electron chi connectivity index (χ4n) is 4.24. The van der Waals surface area contributed by atoms with Crippen LogP contribution in [-0.4, -0.2) is 59.6 Å². The highest BCUT2D eigenvalue weighted by molar-refractivity contribution is 5.96. The normalized spacial score (nSPS) is 11.7. The van der Waals surface area contributed by atoms with Crippen LogP contribution in [0.1, 0.15) is 12.5 Å². The summed E-state index contributed by atoms with van der Waals surface area (Å²) in [7, 11) is 7.48. The Balaban J connectivity index is 1.75. The fraction of sp³-hybridized carbons (Fsp3) is 0.296. The molecule has 0 aliphatic rings. The van der Waals surface area contributed by atoms with E-state index in [0.717, 1.165) is 12.2 Å². The number of halogens is 4. The Morgan fingerprint density at radius 2 is 1.82 bits per heavy atom. The van der Waals surface area contributed by atoms with E-state index in [0.29, 0.717) is 35.0 Å². The number of hydrogen-bond acceptors (Lipinski definition) is 6. The van der Waals surface area contributed by atoms with Gasteiger partial charge in [-0.3, -0.25) is 4.79 Å². The number of nitrogens with zero attached hydrogens (tertiary/aromatic N) is 5.